The first-order valence-corrected chi connectivity index (χ1v) is 9.89. The van der Waals surface area contributed by atoms with E-state index in [4.69, 9.17) is 9.47 Å². The predicted molar refractivity (Wildman–Crippen MR) is 119 cm³/mol. The molecule has 164 valence electrons. The second-order valence-corrected chi connectivity index (χ2v) is 6.44. The number of esters is 1. The van der Waals surface area contributed by atoms with Crippen LogP contribution < -0.4 is 20.5 Å². The van der Waals surface area contributed by atoms with E-state index in [0.29, 0.717) is 11.3 Å². The van der Waals surface area contributed by atoms with Crippen LogP contribution in [0.3, 0.4) is 0 Å². The van der Waals surface area contributed by atoms with Crippen LogP contribution in [0.5, 0.6) is 5.75 Å². The third-order valence-electron chi connectivity index (χ3n) is 4.42. The summed E-state index contributed by atoms with van der Waals surface area (Å²) in [5.41, 5.74) is 6.67. The molecule has 0 heterocycles. The number of nitrogens with zero attached hydrogens (tertiary/aromatic N) is 1. The molecule has 2 aromatic rings. The highest BCUT2D eigenvalue weighted by molar-refractivity contribution is 5.96. The number of benzene rings is 2. The van der Waals surface area contributed by atoms with Gasteiger partial charge in [0.05, 0.1) is 7.11 Å². The highest BCUT2D eigenvalue weighted by Crippen LogP contribution is 2.15. The van der Waals surface area contributed by atoms with Crippen LogP contribution in [0.4, 0.5) is 5.69 Å². The monoisotopic (exact) mass is 425 g/mol. The zero-order chi connectivity index (χ0) is 22.6. The normalized spacial score (nSPS) is 10.4. The predicted octanol–water partition coefficient (Wildman–Crippen LogP) is 2.56. The van der Waals surface area contributed by atoms with Gasteiger partial charge in [-0.15, -0.1) is 0 Å². The Bertz CT molecular complexity index is 921. The van der Waals surface area contributed by atoms with Gasteiger partial charge in [0.25, 0.3) is 11.8 Å². The summed E-state index contributed by atoms with van der Waals surface area (Å²) in [5, 5.41) is 0. The van der Waals surface area contributed by atoms with Crippen LogP contribution in [-0.2, 0) is 14.3 Å². The molecule has 0 radical (unpaired) electrons. The van der Waals surface area contributed by atoms with Crippen molar-refractivity contribution in [3.8, 4) is 5.75 Å². The van der Waals surface area contributed by atoms with Gasteiger partial charge in [-0.25, -0.2) is 4.79 Å². The van der Waals surface area contributed by atoms with Gasteiger partial charge in [0.2, 0.25) is 0 Å². The number of nitrogens with one attached hydrogen (secondary N) is 2. The summed E-state index contributed by atoms with van der Waals surface area (Å²) in [4.78, 5) is 37.9. The Hall–Kier alpha value is -3.81. The third kappa shape index (κ3) is 7.50. The highest BCUT2D eigenvalue weighted by atomic mass is 16.5. The molecule has 2 amide bonds. The minimum atomic E-state index is -0.684. The van der Waals surface area contributed by atoms with Gasteiger partial charge in [0.15, 0.2) is 6.61 Å². The lowest BCUT2D eigenvalue weighted by Crippen LogP contribution is -2.43. The second-order valence-electron chi connectivity index (χ2n) is 6.44. The molecular formula is C23H27N3O5. The van der Waals surface area contributed by atoms with Gasteiger partial charge in [-0.3, -0.25) is 20.4 Å². The smallest absolute Gasteiger partial charge is 0.331 e. The molecule has 8 nitrogen and oxygen atoms in total. The molecule has 0 bridgehead atoms. The molecule has 0 atom stereocenters. The Labute approximate surface area is 181 Å². The summed E-state index contributed by atoms with van der Waals surface area (Å²) in [6.07, 6.45) is 2.75. The number of anilines is 1. The van der Waals surface area contributed by atoms with Crippen LogP contribution in [0.25, 0.3) is 6.08 Å². The Morgan fingerprint density at radius 1 is 1.00 bits per heavy atom. The molecule has 0 aromatic heterocycles. The molecule has 2 aromatic carbocycles. The van der Waals surface area contributed by atoms with Gasteiger partial charge < -0.3 is 14.4 Å². The van der Waals surface area contributed by atoms with Crippen LogP contribution in [0.1, 0.15) is 29.8 Å². The lowest BCUT2D eigenvalue weighted by atomic mass is 10.2. The summed E-state index contributed by atoms with van der Waals surface area (Å²) < 4.78 is 9.97. The summed E-state index contributed by atoms with van der Waals surface area (Å²) in [6.45, 7) is 5.32. The van der Waals surface area contributed by atoms with E-state index in [1.54, 1.807) is 49.6 Å². The average molecular weight is 425 g/mol. The molecule has 31 heavy (non-hydrogen) atoms. The molecule has 0 saturated carbocycles. The standard InChI is InChI=1S/C23H27N3O5/c1-4-26(5-2)19-12-10-18(11-13-19)23(29)25-24-21(27)16-31-22(28)14-9-17-7-6-8-20(15-17)30-3/h6-15H,4-5,16H2,1-3H3,(H,24,27)(H,25,29)/b14-9+. The minimum absolute atomic E-state index is 0.398. The van der Waals surface area contributed by atoms with Crippen LogP contribution in [0, 0.1) is 0 Å². The van der Waals surface area contributed by atoms with Crippen LogP contribution in [0.15, 0.2) is 54.6 Å². The Morgan fingerprint density at radius 3 is 2.35 bits per heavy atom. The third-order valence-corrected chi connectivity index (χ3v) is 4.42. The van der Waals surface area contributed by atoms with E-state index in [-0.39, 0.29) is 0 Å². The number of hydrazine groups is 1. The largest absolute Gasteiger partial charge is 0.497 e. The van der Waals surface area contributed by atoms with E-state index in [2.05, 4.69) is 29.6 Å². The molecule has 0 aliphatic rings. The number of carbonyl (C=O) groups excluding carboxylic acids is 3. The van der Waals surface area contributed by atoms with E-state index in [1.807, 2.05) is 12.1 Å². The van der Waals surface area contributed by atoms with Crippen molar-refractivity contribution in [2.45, 2.75) is 13.8 Å². The fraction of sp³-hybridized carbons (Fsp3) is 0.261. The maximum absolute atomic E-state index is 12.2. The van der Waals surface area contributed by atoms with Gasteiger partial charge >= 0.3 is 5.97 Å². The average Bonchev–Trinajstić information content (AvgIpc) is 2.81. The van der Waals surface area contributed by atoms with Gasteiger partial charge in [-0.1, -0.05) is 12.1 Å². The van der Waals surface area contributed by atoms with Crippen molar-refractivity contribution in [2.75, 3.05) is 31.7 Å². The lowest BCUT2D eigenvalue weighted by molar-refractivity contribution is -0.144. The molecule has 0 fully saturated rings. The second kappa shape index (κ2) is 12.0. The summed E-state index contributed by atoms with van der Waals surface area (Å²) in [5.74, 6) is -1.15. The molecule has 2 N–H and O–H groups in total. The fourth-order valence-corrected chi connectivity index (χ4v) is 2.74. The molecule has 2 rings (SSSR count). The quantitative estimate of drug-likeness (QED) is 0.364. The Morgan fingerprint density at radius 2 is 1.71 bits per heavy atom. The van der Waals surface area contributed by atoms with Crippen molar-refractivity contribution in [3.63, 3.8) is 0 Å². The van der Waals surface area contributed by atoms with Crippen molar-refractivity contribution < 1.29 is 23.9 Å². The minimum Gasteiger partial charge on any atom is -0.497 e. The Kier molecular flexibility index (Phi) is 9.10. The van der Waals surface area contributed by atoms with Crippen molar-refractivity contribution in [2.24, 2.45) is 0 Å². The van der Waals surface area contributed by atoms with Crippen LogP contribution >= 0.6 is 0 Å². The molecule has 0 aliphatic carbocycles. The van der Waals surface area contributed by atoms with E-state index in [0.717, 1.165) is 24.3 Å². The number of hydrogen-bond acceptors (Lipinski definition) is 6. The topological polar surface area (TPSA) is 97.0 Å². The first-order chi connectivity index (χ1) is 15.0. The number of carbonyl (C=O) groups is 3. The first kappa shape index (κ1) is 23.5. The van der Waals surface area contributed by atoms with Gasteiger partial charge in [-0.05, 0) is 61.9 Å². The van der Waals surface area contributed by atoms with Gasteiger partial charge in [0.1, 0.15) is 5.75 Å². The summed E-state index contributed by atoms with van der Waals surface area (Å²) in [6, 6.07) is 14.2. The number of amides is 2. The van der Waals surface area contributed by atoms with Gasteiger partial charge in [-0.2, -0.15) is 0 Å². The zero-order valence-electron chi connectivity index (χ0n) is 17.9. The van der Waals surface area contributed by atoms with Crippen LogP contribution in [0.2, 0.25) is 0 Å². The van der Waals surface area contributed by atoms with Crippen molar-refractivity contribution in [3.05, 3.63) is 65.7 Å². The van der Waals surface area contributed by atoms with Crippen LogP contribution in [-0.4, -0.2) is 44.6 Å². The molecular weight excluding hydrogens is 398 g/mol. The van der Waals surface area contributed by atoms with E-state index in [1.165, 1.54) is 6.08 Å². The number of methoxy groups -OCH3 is 1. The van der Waals surface area contributed by atoms with E-state index in [9.17, 15) is 14.4 Å². The number of ether oxygens (including phenoxy) is 2. The highest BCUT2D eigenvalue weighted by Gasteiger charge is 2.10. The lowest BCUT2D eigenvalue weighted by Gasteiger charge is -2.21. The molecule has 0 unspecified atom stereocenters. The van der Waals surface area contributed by atoms with E-state index >= 15 is 0 Å². The van der Waals surface area contributed by atoms with Gasteiger partial charge in [0, 0.05) is 30.4 Å². The maximum atomic E-state index is 12.2. The maximum Gasteiger partial charge on any atom is 0.331 e. The molecule has 0 saturated heterocycles. The van der Waals surface area contributed by atoms with Crippen molar-refractivity contribution in [1.29, 1.82) is 0 Å². The molecule has 8 heteroatoms. The first-order valence-electron chi connectivity index (χ1n) is 9.89. The van der Waals surface area contributed by atoms with Crippen molar-refractivity contribution >= 4 is 29.5 Å². The molecule has 0 aliphatic heterocycles. The number of rotatable bonds is 9. The van der Waals surface area contributed by atoms with Crippen molar-refractivity contribution in [1.82, 2.24) is 10.9 Å². The summed E-state index contributed by atoms with van der Waals surface area (Å²) >= 11 is 0. The number of hydrogen-bond donors (Lipinski definition) is 2. The SMILES string of the molecule is CCN(CC)c1ccc(C(=O)NNC(=O)COC(=O)/C=C/c2cccc(OC)c2)cc1. The zero-order valence-corrected chi connectivity index (χ0v) is 17.9. The summed E-state index contributed by atoms with van der Waals surface area (Å²) in [7, 11) is 1.55. The fourth-order valence-electron chi connectivity index (χ4n) is 2.74. The van der Waals surface area contributed by atoms with E-state index < -0.39 is 24.4 Å². The molecule has 0 spiro atoms. The Balaban J connectivity index is 1.76.